The molecule has 2 unspecified atom stereocenters. The molecule has 0 aliphatic carbocycles. The summed E-state index contributed by atoms with van der Waals surface area (Å²) in [5, 5.41) is 0. The van der Waals surface area contributed by atoms with E-state index in [1.807, 2.05) is 0 Å². The van der Waals surface area contributed by atoms with Crippen LogP contribution in [-0.4, -0.2) is 26.4 Å². The summed E-state index contributed by atoms with van der Waals surface area (Å²) in [7, 11) is 0. The molecule has 2 heterocycles. The van der Waals surface area contributed by atoms with Crippen molar-refractivity contribution >= 4 is 0 Å². The van der Waals surface area contributed by atoms with Gasteiger partial charge in [-0.3, -0.25) is 0 Å². The largest absolute Gasteiger partial charge is 0.381 e. The van der Waals surface area contributed by atoms with Gasteiger partial charge in [-0.25, -0.2) is 0 Å². The van der Waals surface area contributed by atoms with Crippen molar-refractivity contribution in [1.82, 2.24) is 0 Å². The van der Waals surface area contributed by atoms with Crippen LogP contribution in [0.1, 0.15) is 103 Å². The fourth-order valence-electron chi connectivity index (χ4n) is 3.01. The van der Waals surface area contributed by atoms with Crippen LogP contribution in [0.25, 0.3) is 0 Å². The van der Waals surface area contributed by atoms with Crippen LogP contribution in [0.15, 0.2) is 0 Å². The second kappa shape index (κ2) is 9.82. The van der Waals surface area contributed by atoms with Gasteiger partial charge in [0.1, 0.15) is 0 Å². The first-order valence-corrected chi connectivity index (χ1v) is 11.4. The SMILES string of the molecule is CC(C)(C)C(C)(C)C.CC(C)(C)C1(C)COC1.CC1COCCC1C(C)(C)C. The lowest BCUT2D eigenvalue weighted by molar-refractivity contribution is -0.158. The van der Waals surface area contributed by atoms with Gasteiger partial charge in [-0.15, -0.1) is 0 Å². The molecule has 2 aliphatic heterocycles. The standard InChI is InChI=1S/C10H20O.C8H16O.C8H18/c1-8-7-11-6-5-9(8)10(2,3)4;1-7(2,3)8(4)5-9-6-8;1-7(2,3)8(4,5)6/h8-9H,5-7H2,1-4H3;5-6H2,1-4H3;1-6H3. The van der Waals surface area contributed by atoms with E-state index < -0.39 is 0 Å². The summed E-state index contributed by atoms with van der Waals surface area (Å²) in [4.78, 5) is 0. The maximum atomic E-state index is 5.41. The molecule has 2 rings (SSSR count). The highest BCUT2D eigenvalue weighted by atomic mass is 16.5. The van der Waals surface area contributed by atoms with Crippen LogP contribution in [0.2, 0.25) is 0 Å². The topological polar surface area (TPSA) is 18.5 Å². The quantitative estimate of drug-likeness (QED) is 0.413. The van der Waals surface area contributed by atoms with E-state index in [0.29, 0.717) is 27.1 Å². The predicted molar refractivity (Wildman–Crippen MR) is 125 cm³/mol. The fraction of sp³-hybridized carbons (Fsp3) is 1.00. The highest BCUT2D eigenvalue weighted by Crippen LogP contribution is 2.43. The Hall–Kier alpha value is -0.0800. The second-order valence-electron chi connectivity index (χ2n) is 13.6. The van der Waals surface area contributed by atoms with Crippen molar-refractivity contribution in [3.05, 3.63) is 0 Å². The summed E-state index contributed by atoms with van der Waals surface area (Å²) < 4.78 is 10.6. The van der Waals surface area contributed by atoms with Crippen molar-refractivity contribution in [2.24, 2.45) is 38.9 Å². The Balaban J connectivity index is 0.000000397. The summed E-state index contributed by atoms with van der Waals surface area (Å²) in [6, 6.07) is 0. The first-order chi connectivity index (χ1) is 12.2. The molecule has 2 fully saturated rings. The van der Waals surface area contributed by atoms with Gasteiger partial charge >= 0.3 is 0 Å². The molecule has 0 aromatic rings. The van der Waals surface area contributed by atoms with Crippen LogP contribution < -0.4 is 0 Å². The van der Waals surface area contributed by atoms with Crippen LogP contribution in [0.3, 0.4) is 0 Å². The summed E-state index contributed by atoms with van der Waals surface area (Å²) in [6.45, 7) is 35.8. The Morgan fingerprint density at radius 3 is 1.29 bits per heavy atom. The molecule has 0 amide bonds. The van der Waals surface area contributed by atoms with Gasteiger partial charge in [0.25, 0.3) is 0 Å². The van der Waals surface area contributed by atoms with Crippen molar-refractivity contribution in [3.8, 4) is 0 Å². The lowest BCUT2D eigenvalue weighted by Gasteiger charge is -2.48. The highest BCUT2D eigenvalue weighted by molar-refractivity contribution is 4.91. The van der Waals surface area contributed by atoms with Crippen LogP contribution in [0, 0.1) is 38.9 Å². The van der Waals surface area contributed by atoms with E-state index in [9.17, 15) is 0 Å². The molecule has 0 aromatic carbocycles. The maximum absolute atomic E-state index is 5.41. The molecule has 0 radical (unpaired) electrons. The third-order valence-electron chi connectivity index (χ3n) is 7.66. The number of hydrogen-bond acceptors (Lipinski definition) is 2. The Bertz CT molecular complexity index is 421. The second-order valence-corrected chi connectivity index (χ2v) is 13.6. The molecular formula is C26H54O2. The first kappa shape index (κ1) is 27.9. The van der Waals surface area contributed by atoms with Crippen molar-refractivity contribution in [1.29, 1.82) is 0 Å². The average molecular weight is 399 g/mol. The monoisotopic (exact) mass is 398 g/mol. The van der Waals surface area contributed by atoms with Gasteiger partial charge in [-0.1, -0.05) is 96.9 Å². The molecular weight excluding hydrogens is 344 g/mol. The molecule has 2 nitrogen and oxygen atoms in total. The Kier molecular flexibility index (Phi) is 9.79. The third-order valence-corrected chi connectivity index (χ3v) is 7.66. The Morgan fingerprint density at radius 1 is 0.714 bits per heavy atom. The first-order valence-electron chi connectivity index (χ1n) is 11.4. The van der Waals surface area contributed by atoms with E-state index >= 15 is 0 Å². The molecule has 2 aliphatic rings. The average Bonchev–Trinajstić information content (AvgIpc) is 2.42. The maximum Gasteiger partial charge on any atom is 0.0547 e. The summed E-state index contributed by atoms with van der Waals surface area (Å²) >= 11 is 0. The van der Waals surface area contributed by atoms with Crippen LogP contribution in [0.5, 0.6) is 0 Å². The third kappa shape index (κ3) is 8.74. The van der Waals surface area contributed by atoms with Crippen molar-refractivity contribution in [3.63, 3.8) is 0 Å². The van der Waals surface area contributed by atoms with Gasteiger partial charge in [-0.2, -0.15) is 0 Å². The van der Waals surface area contributed by atoms with Crippen LogP contribution in [-0.2, 0) is 9.47 Å². The Morgan fingerprint density at radius 2 is 1.14 bits per heavy atom. The molecule has 0 aromatic heterocycles. The lowest BCUT2D eigenvalue weighted by Crippen LogP contribution is -2.49. The minimum Gasteiger partial charge on any atom is -0.381 e. The molecule has 0 spiro atoms. The van der Waals surface area contributed by atoms with Gasteiger partial charge in [0.2, 0.25) is 0 Å². The molecule has 0 N–H and O–H groups in total. The van der Waals surface area contributed by atoms with Crippen molar-refractivity contribution < 1.29 is 9.47 Å². The smallest absolute Gasteiger partial charge is 0.0547 e. The number of rotatable bonds is 0. The van der Waals surface area contributed by atoms with E-state index in [1.165, 1.54) is 6.42 Å². The van der Waals surface area contributed by atoms with Crippen molar-refractivity contribution in [2.75, 3.05) is 26.4 Å². The van der Waals surface area contributed by atoms with E-state index in [-0.39, 0.29) is 0 Å². The molecule has 0 saturated carbocycles. The fourth-order valence-corrected chi connectivity index (χ4v) is 3.01. The number of hydrogen-bond donors (Lipinski definition) is 0. The Labute approximate surface area is 178 Å². The van der Waals surface area contributed by atoms with E-state index in [2.05, 4.69) is 96.9 Å². The zero-order chi connectivity index (χ0) is 22.6. The van der Waals surface area contributed by atoms with E-state index in [0.717, 1.165) is 38.3 Å². The molecule has 2 heteroatoms. The number of ether oxygens (including phenoxy) is 2. The minimum atomic E-state index is 0.408. The zero-order valence-electron chi connectivity index (χ0n) is 22.0. The zero-order valence-corrected chi connectivity index (χ0v) is 22.0. The van der Waals surface area contributed by atoms with Gasteiger partial charge in [0.05, 0.1) is 13.2 Å². The van der Waals surface area contributed by atoms with Crippen LogP contribution >= 0.6 is 0 Å². The summed E-state index contributed by atoms with van der Waals surface area (Å²) in [5.74, 6) is 1.58. The molecule has 170 valence electrons. The van der Waals surface area contributed by atoms with Gasteiger partial charge in [-0.05, 0) is 39.9 Å². The molecule has 2 saturated heterocycles. The van der Waals surface area contributed by atoms with E-state index in [4.69, 9.17) is 9.47 Å². The van der Waals surface area contributed by atoms with Crippen LogP contribution in [0.4, 0.5) is 0 Å². The molecule has 0 bridgehead atoms. The lowest BCUT2D eigenvalue weighted by atomic mass is 9.67. The van der Waals surface area contributed by atoms with Gasteiger partial charge in [0, 0.05) is 18.6 Å². The molecule has 2 atom stereocenters. The van der Waals surface area contributed by atoms with Crippen molar-refractivity contribution in [2.45, 2.75) is 103 Å². The van der Waals surface area contributed by atoms with Gasteiger partial charge < -0.3 is 9.47 Å². The minimum absolute atomic E-state index is 0.408. The predicted octanol–water partition coefficient (Wildman–Crippen LogP) is 7.85. The summed E-state index contributed by atoms with van der Waals surface area (Å²) in [5.41, 5.74) is 2.18. The normalized spacial score (nSPS) is 25.5. The molecule has 28 heavy (non-hydrogen) atoms. The van der Waals surface area contributed by atoms with Gasteiger partial charge in [0.15, 0.2) is 0 Å². The van der Waals surface area contributed by atoms with E-state index in [1.54, 1.807) is 0 Å². The highest BCUT2D eigenvalue weighted by Gasteiger charge is 2.43. The summed E-state index contributed by atoms with van der Waals surface area (Å²) in [6.07, 6.45) is 1.24.